The number of aryl methyl sites for hydroxylation is 1. The minimum absolute atomic E-state index is 0.0186. The quantitative estimate of drug-likeness (QED) is 0.600. The molecule has 0 saturated heterocycles. The molecule has 0 unspecified atom stereocenters. The molecule has 0 bridgehead atoms. The molecule has 0 amide bonds. The van der Waals surface area contributed by atoms with Crippen molar-refractivity contribution in [3.8, 4) is 11.5 Å². The third-order valence-corrected chi connectivity index (χ3v) is 5.15. The van der Waals surface area contributed by atoms with Crippen LogP contribution in [0.2, 0.25) is 0 Å². The summed E-state index contributed by atoms with van der Waals surface area (Å²) in [5.41, 5.74) is 0.331. The van der Waals surface area contributed by atoms with E-state index in [-0.39, 0.29) is 31.3 Å². The standard InChI is InChI=1S/C19H22F3NO4S/c1-2-15-6-8-17(9-7-15)27-12-13-28(24,25)23-10-11-26-18-5-3-4-16(14-18)19(20,21)22/h3-9,14,23H,2,10-13H2,1H3. The predicted molar refractivity (Wildman–Crippen MR) is 100 cm³/mol. The Morgan fingerprint density at radius 1 is 0.964 bits per heavy atom. The highest BCUT2D eigenvalue weighted by atomic mass is 32.2. The Kier molecular flexibility index (Phi) is 7.70. The van der Waals surface area contributed by atoms with Gasteiger partial charge in [0.05, 0.1) is 11.3 Å². The second-order valence-corrected chi connectivity index (χ2v) is 7.86. The fourth-order valence-corrected chi connectivity index (χ4v) is 3.13. The number of ether oxygens (including phenoxy) is 2. The summed E-state index contributed by atoms with van der Waals surface area (Å²) in [6.45, 7) is 1.85. The molecule has 2 aromatic carbocycles. The molecular weight excluding hydrogens is 395 g/mol. The first-order chi connectivity index (χ1) is 13.2. The lowest BCUT2D eigenvalue weighted by Gasteiger charge is -2.11. The van der Waals surface area contributed by atoms with E-state index in [2.05, 4.69) is 4.72 Å². The Bertz CT molecular complexity index is 852. The SMILES string of the molecule is CCc1ccc(OCCS(=O)(=O)NCCOc2cccc(C(F)(F)F)c2)cc1. The summed E-state index contributed by atoms with van der Waals surface area (Å²) < 4.78 is 74.6. The van der Waals surface area contributed by atoms with Crippen molar-refractivity contribution in [3.63, 3.8) is 0 Å². The van der Waals surface area contributed by atoms with Gasteiger partial charge < -0.3 is 9.47 Å². The van der Waals surface area contributed by atoms with Gasteiger partial charge in [-0.2, -0.15) is 13.2 Å². The Labute approximate surface area is 162 Å². The number of nitrogens with one attached hydrogen (secondary N) is 1. The van der Waals surface area contributed by atoms with E-state index < -0.39 is 21.8 Å². The van der Waals surface area contributed by atoms with Crippen LogP contribution in [0.15, 0.2) is 48.5 Å². The Morgan fingerprint density at radius 3 is 2.29 bits per heavy atom. The van der Waals surface area contributed by atoms with Crippen molar-refractivity contribution in [1.29, 1.82) is 0 Å². The topological polar surface area (TPSA) is 64.6 Å². The van der Waals surface area contributed by atoms with E-state index >= 15 is 0 Å². The third kappa shape index (κ3) is 7.40. The van der Waals surface area contributed by atoms with Gasteiger partial charge in [0.15, 0.2) is 0 Å². The lowest BCUT2D eigenvalue weighted by Crippen LogP contribution is -2.32. The van der Waals surface area contributed by atoms with Gasteiger partial charge in [-0.1, -0.05) is 25.1 Å². The van der Waals surface area contributed by atoms with E-state index in [4.69, 9.17) is 9.47 Å². The molecule has 9 heteroatoms. The molecule has 0 atom stereocenters. The summed E-state index contributed by atoms with van der Waals surface area (Å²) >= 11 is 0. The lowest BCUT2D eigenvalue weighted by molar-refractivity contribution is -0.137. The molecule has 1 N–H and O–H groups in total. The van der Waals surface area contributed by atoms with Gasteiger partial charge in [0.2, 0.25) is 10.0 Å². The first kappa shape index (κ1) is 22.0. The molecule has 2 aromatic rings. The maximum Gasteiger partial charge on any atom is 0.416 e. The molecule has 0 heterocycles. The normalized spacial score (nSPS) is 12.0. The smallest absolute Gasteiger partial charge is 0.416 e. The second kappa shape index (κ2) is 9.79. The molecule has 154 valence electrons. The monoisotopic (exact) mass is 417 g/mol. The van der Waals surface area contributed by atoms with E-state index in [1.165, 1.54) is 12.1 Å². The molecular formula is C19H22F3NO4S. The van der Waals surface area contributed by atoms with Gasteiger partial charge in [-0.3, -0.25) is 0 Å². The highest BCUT2D eigenvalue weighted by molar-refractivity contribution is 7.89. The first-order valence-electron chi connectivity index (χ1n) is 8.69. The second-order valence-electron chi connectivity index (χ2n) is 5.93. The van der Waals surface area contributed by atoms with E-state index in [0.29, 0.717) is 5.75 Å². The number of hydrogen-bond acceptors (Lipinski definition) is 4. The van der Waals surface area contributed by atoms with Crippen molar-refractivity contribution in [2.24, 2.45) is 0 Å². The number of hydrogen-bond donors (Lipinski definition) is 1. The summed E-state index contributed by atoms with van der Waals surface area (Å²) in [6.07, 6.45) is -3.56. The van der Waals surface area contributed by atoms with Crippen LogP contribution in [0.5, 0.6) is 11.5 Å². The highest BCUT2D eigenvalue weighted by Gasteiger charge is 2.30. The van der Waals surface area contributed by atoms with Crippen molar-refractivity contribution < 1.29 is 31.1 Å². The molecule has 0 fully saturated rings. The van der Waals surface area contributed by atoms with Gasteiger partial charge in [-0.15, -0.1) is 0 Å². The van der Waals surface area contributed by atoms with E-state index in [1.807, 2.05) is 19.1 Å². The summed E-state index contributed by atoms with van der Waals surface area (Å²) in [4.78, 5) is 0. The summed E-state index contributed by atoms with van der Waals surface area (Å²) in [5.74, 6) is 0.361. The fourth-order valence-electron chi connectivity index (χ4n) is 2.29. The van der Waals surface area contributed by atoms with Crippen molar-refractivity contribution in [2.75, 3.05) is 25.5 Å². The van der Waals surface area contributed by atoms with Gasteiger partial charge in [-0.05, 0) is 42.3 Å². The zero-order valence-corrected chi connectivity index (χ0v) is 16.1. The number of alkyl halides is 3. The van der Waals surface area contributed by atoms with Crippen LogP contribution in [0.25, 0.3) is 0 Å². The molecule has 0 radical (unpaired) electrons. The largest absolute Gasteiger partial charge is 0.492 e. The van der Waals surface area contributed by atoms with Crippen LogP contribution >= 0.6 is 0 Å². The number of benzene rings is 2. The first-order valence-corrected chi connectivity index (χ1v) is 10.3. The minimum atomic E-state index is -4.46. The Balaban J connectivity index is 1.71. The van der Waals surface area contributed by atoms with Crippen molar-refractivity contribution in [3.05, 3.63) is 59.7 Å². The van der Waals surface area contributed by atoms with Crippen LogP contribution in [0.3, 0.4) is 0 Å². The predicted octanol–water partition coefficient (Wildman–Crippen LogP) is 3.65. The van der Waals surface area contributed by atoms with Crippen LogP contribution in [0.4, 0.5) is 13.2 Å². The van der Waals surface area contributed by atoms with Gasteiger partial charge in [0.25, 0.3) is 0 Å². The zero-order chi connectivity index (χ0) is 20.6. The van der Waals surface area contributed by atoms with Crippen LogP contribution in [0, 0.1) is 0 Å². The molecule has 0 spiro atoms. The van der Waals surface area contributed by atoms with Crippen molar-refractivity contribution >= 4 is 10.0 Å². The number of sulfonamides is 1. The van der Waals surface area contributed by atoms with Gasteiger partial charge in [-0.25, -0.2) is 13.1 Å². The average Bonchev–Trinajstić information content (AvgIpc) is 2.65. The average molecular weight is 417 g/mol. The minimum Gasteiger partial charge on any atom is -0.492 e. The molecule has 0 saturated carbocycles. The van der Waals surface area contributed by atoms with E-state index in [9.17, 15) is 21.6 Å². The summed E-state index contributed by atoms with van der Waals surface area (Å²) in [6, 6.07) is 11.8. The number of rotatable bonds is 10. The number of halogens is 3. The Morgan fingerprint density at radius 2 is 1.64 bits per heavy atom. The summed E-state index contributed by atoms with van der Waals surface area (Å²) in [7, 11) is -3.59. The Hall–Kier alpha value is -2.26. The lowest BCUT2D eigenvalue weighted by atomic mass is 10.2. The molecule has 0 aliphatic carbocycles. The maximum atomic E-state index is 12.6. The van der Waals surface area contributed by atoms with Gasteiger partial charge in [0, 0.05) is 6.54 Å². The third-order valence-electron chi connectivity index (χ3n) is 3.81. The molecule has 0 aliphatic rings. The van der Waals surface area contributed by atoms with Gasteiger partial charge in [0.1, 0.15) is 24.7 Å². The molecule has 0 aliphatic heterocycles. The van der Waals surface area contributed by atoms with Crippen molar-refractivity contribution in [1.82, 2.24) is 4.72 Å². The zero-order valence-electron chi connectivity index (χ0n) is 15.3. The van der Waals surface area contributed by atoms with Crippen LogP contribution in [-0.2, 0) is 22.6 Å². The molecule has 2 rings (SSSR count). The fraction of sp³-hybridized carbons (Fsp3) is 0.368. The molecule has 5 nitrogen and oxygen atoms in total. The van der Waals surface area contributed by atoms with Crippen LogP contribution in [0.1, 0.15) is 18.1 Å². The summed E-state index contributed by atoms with van der Waals surface area (Å²) in [5, 5.41) is 0. The van der Waals surface area contributed by atoms with E-state index in [1.54, 1.807) is 12.1 Å². The highest BCUT2D eigenvalue weighted by Crippen LogP contribution is 2.31. The maximum absolute atomic E-state index is 12.6. The van der Waals surface area contributed by atoms with E-state index in [0.717, 1.165) is 24.1 Å². The van der Waals surface area contributed by atoms with Crippen molar-refractivity contribution in [2.45, 2.75) is 19.5 Å². The van der Waals surface area contributed by atoms with Crippen LogP contribution in [-0.4, -0.2) is 33.9 Å². The molecule has 0 aromatic heterocycles. The van der Waals surface area contributed by atoms with Gasteiger partial charge >= 0.3 is 6.18 Å². The van der Waals surface area contributed by atoms with Crippen LogP contribution < -0.4 is 14.2 Å². The molecule has 28 heavy (non-hydrogen) atoms.